The second kappa shape index (κ2) is 9.61. The number of carbonyl (C=O) groups is 1. The maximum absolute atomic E-state index is 13.3. The quantitative estimate of drug-likeness (QED) is 0.454. The fourth-order valence-electron chi connectivity index (χ4n) is 5.39. The molecule has 2 atom stereocenters. The van der Waals surface area contributed by atoms with Crippen LogP contribution in [0.4, 0.5) is 13.2 Å². The molecule has 2 unspecified atom stereocenters. The lowest BCUT2D eigenvalue weighted by molar-refractivity contribution is -0.274. The number of amides is 1. The fraction of sp³-hybridized carbons (Fsp3) is 0.407. The van der Waals surface area contributed by atoms with Crippen LogP contribution in [0.2, 0.25) is 0 Å². The normalized spacial score (nSPS) is 21.3. The molecule has 2 heterocycles. The SMILES string of the molecule is Cc1ccccc1CN1CC2C(C1)C2CN(Cc1cccc(OC(F)(F)F)c1)C(=O)c1cn(C)cn1. The van der Waals surface area contributed by atoms with Crippen LogP contribution in [0.5, 0.6) is 5.75 Å². The molecule has 1 aliphatic heterocycles. The van der Waals surface area contributed by atoms with E-state index >= 15 is 0 Å². The van der Waals surface area contributed by atoms with Gasteiger partial charge in [0.25, 0.3) is 5.91 Å². The van der Waals surface area contributed by atoms with Gasteiger partial charge in [0.05, 0.1) is 6.33 Å². The highest BCUT2D eigenvalue weighted by atomic mass is 19.4. The van der Waals surface area contributed by atoms with Crippen LogP contribution in [0, 0.1) is 24.7 Å². The van der Waals surface area contributed by atoms with Crippen LogP contribution >= 0.6 is 0 Å². The summed E-state index contributed by atoms with van der Waals surface area (Å²) in [4.78, 5) is 21.7. The Morgan fingerprint density at radius 1 is 1.14 bits per heavy atom. The standard InChI is InChI=1S/C27H29F3N4O2/c1-18-6-3-4-8-20(18)12-33-13-22-23(14-33)24(22)15-34(26(35)25-16-32(2)17-31-25)11-19-7-5-9-21(10-19)36-27(28,29)30/h3-10,16-17,22-24H,11-15H2,1-2H3. The van der Waals surface area contributed by atoms with E-state index in [9.17, 15) is 18.0 Å². The number of ether oxygens (including phenoxy) is 1. The molecule has 1 saturated heterocycles. The van der Waals surface area contributed by atoms with Gasteiger partial charge in [-0.3, -0.25) is 9.69 Å². The van der Waals surface area contributed by atoms with Crippen LogP contribution in [0.15, 0.2) is 61.1 Å². The fourth-order valence-corrected chi connectivity index (χ4v) is 5.39. The smallest absolute Gasteiger partial charge is 0.406 e. The molecular weight excluding hydrogens is 469 g/mol. The van der Waals surface area contributed by atoms with E-state index in [1.54, 1.807) is 35.1 Å². The van der Waals surface area contributed by atoms with Crippen molar-refractivity contribution in [2.75, 3.05) is 19.6 Å². The van der Waals surface area contributed by atoms with E-state index in [-0.39, 0.29) is 18.2 Å². The number of carbonyl (C=O) groups excluding carboxylic acids is 1. The number of likely N-dealkylation sites (tertiary alicyclic amines) is 1. The first-order chi connectivity index (χ1) is 17.2. The van der Waals surface area contributed by atoms with Crippen molar-refractivity contribution >= 4 is 5.91 Å². The number of rotatable bonds is 8. The highest BCUT2D eigenvalue weighted by molar-refractivity contribution is 5.92. The van der Waals surface area contributed by atoms with Crippen molar-refractivity contribution < 1.29 is 22.7 Å². The summed E-state index contributed by atoms with van der Waals surface area (Å²) < 4.78 is 43.8. The van der Waals surface area contributed by atoms with Crippen molar-refractivity contribution in [3.05, 3.63) is 83.4 Å². The van der Waals surface area contributed by atoms with Gasteiger partial charge in [0, 0.05) is 46.0 Å². The number of hydrogen-bond acceptors (Lipinski definition) is 4. The van der Waals surface area contributed by atoms with Gasteiger partial charge in [-0.15, -0.1) is 13.2 Å². The third-order valence-electron chi connectivity index (χ3n) is 7.25. The Morgan fingerprint density at radius 2 is 1.89 bits per heavy atom. The molecule has 0 radical (unpaired) electrons. The zero-order valence-corrected chi connectivity index (χ0v) is 20.3. The summed E-state index contributed by atoms with van der Waals surface area (Å²) in [6.45, 7) is 5.77. The minimum Gasteiger partial charge on any atom is -0.406 e. The van der Waals surface area contributed by atoms with Gasteiger partial charge < -0.3 is 14.2 Å². The summed E-state index contributed by atoms with van der Waals surface area (Å²) in [7, 11) is 1.79. The van der Waals surface area contributed by atoms with E-state index in [4.69, 9.17) is 0 Å². The van der Waals surface area contributed by atoms with Crippen molar-refractivity contribution in [3.63, 3.8) is 0 Å². The molecule has 0 N–H and O–H groups in total. The van der Waals surface area contributed by atoms with Crippen molar-refractivity contribution in [1.29, 1.82) is 0 Å². The lowest BCUT2D eigenvalue weighted by atomic mass is 10.1. The number of benzene rings is 2. The lowest BCUT2D eigenvalue weighted by Gasteiger charge is -2.25. The molecular formula is C27H29F3N4O2. The van der Waals surface area contributed by atoms with Crippen LogP contribution in [0.25, 0.3) is 0 Å². The number of aromatic nitrogens is 2. The second-order valence-electron chi connectivity index (χ2n) is 9.92. The first-order valence-corrected chi connectivity index (χ1v) is 12.0. The molecule has 1 amide bonds. The molecule has 0 bridgehead atoms. The van der Waals surface area contributed by atoms with Crippen molar-refractivity contribution in [3.8, 4) is 5.75 Å². The summed E-state index contributed by atoms with van der Waals surface area (Å²) in [5.41, 5.74) is 3.53. The molecule has 36 heavy (non-hydrogen) atoms. The van der Waals surface area contributed by atoms with E-state index in [0.29, 0.717) is 35.6 Å². The predicted octanol–water partition coefficient (Wildman–Crippen LogP) is 4.65. The van der Waals surface area contributed by atoms with Crippen molar-refractivity contribution in [2.45, 2.75) is 26.4 Å². The number of imidazole rings is 1. The van der Waals surface area contributed by atoms with Gasteiger partial charge in [-0.05, 0) is 53.5 Å². The molecule has 5 rings (SSSR count). The zero-order valence-electron chi connectivity index (χ0n) is 20.3. The maximum atomic E-state index is 13.3. The molecule has 3 aromatic rings. The van der Waals surface area contributed by atoms with Crippen LogP contribution in [0.1, 0.15) is 27.2 Å². The van der Waals surface area contributed by atoms with E-state index < -0.39 is 6.36 Å². The second-order valence-corrected chi connectivity index (χ2v) is 9.92. The monoisotopic (exact) mass is 498 g/mol. The molecule has 1 aromatic heterocycles. The van der Waals surface area contributed by atoms with Gasteiger partial charge in [-0.1, -0.05) is 36.4 Å². The number of hydrogen-bond donors (Lipinski definition) is 0. The number of alkyl halides is 3. The number of nitrogens with zero attached hydrogens (tertiary/aromatic N) is 4. The molecule has 9 heteroatoms. The first kappa shape index (κ1) is 24.4. The Bertz CT molecular complexity index is 1230. The van der Waals surface area contributed by atoms with Crippen LogP contribution < -0.4 is 4.74 Å². The van der Waals surface area contributed by atoms with Gasteiger partial charge >= 0.3 is 6.36 Å². The number of fused-ring (bicyclic) bond motifs is 1. The average molecular weight is 499 g/mol. The Kier molecular flexibility index (Phi) is 6.51. The molecule has 1 aliphatic carbocycles. The van der Waals surface area contributed by atoms with E-state index in [1.165, 1.54) is 29.3 Å². The lowest BCUT2D eigenvalue weighted by Crippen LogP contribution is -2.35. The number of aryl methyl sites for hydroxylation is 2. The predicted molar refractivity (Wildman–Crippen MR) is 128 cm³/mol. The van der Waals surface area contributed by atoms with E-state index in [0.717, 1.165) is 19.6 Å². The van der Waals surface area contributed by atoms with Crippen LogP contribution in [0.3, 0.4) is 0 Å². The third-order valence-corrected chi connectivity index (χ3v) is 7.25. The molecule has 2 fully saturated rings. The van der Waals surface area contributed by atoms with Crippen molar-refractivity contribution in [1.82, 2.24) is 19.4 Å². The summed E-state index contributed by atoms with van der Waals surface area (Å²) in [6, 6.07) is 14.2. The van der Waals surface area contributed by atoms with Gasteiger partial charge in [0.2, 0.25) is 0 Å². The summed E-state index contributed by atoms with van der Waals surface area (Å²) in [5, 5.41) is 0. The Balaban J connectivity index is 1.26. The number of halogens is 3. The van der Waals surface area contributed by atoms with Crippen LogP contribution in [-0.4, -0.2) is 51.3 Å². The Hall–Kier alpha value is -3.33. The van der Waals surface area contributed by atoms with Gasteiger partial charge in [-0.2, -0.15) is 0 Å². The van der Waals surface area contributed by atoms with Gasteiger partial charge in [0.15, 0.2) is 0 Å². The molecule has 1 saturated carbocycles. The summed E-state index contributed by atoms with van der Waals surface area (Å²) in [5.74, 6) is 0.904. The Labute approximate surface area is 208 Å². The molecule has 190 valence electrons. The topological polar surface area (TPSA) is 50.6 Å². The molecule has 0 spiro atoms. The van der Waals surface area contributed by atoms with E-state index in [2.05, 4.69) is 45.8 Å². The highest BCUT2D eigenvalue weighted by Gasteiger charge is 2.56. The van der Waals surface area contributed by atoms with Gasteiger partial charge in [0.1, 0.15) is 11.4 Å². The average Bonchev–Trinajstić information content (AvgIpc) is 3.14. The molecule has 6 nitrogen and oxygen atoms in total. The maximum Gasteiger partial charge on any atom is 0.573 e. The summed E-state index contributed by atoms with van der Waals surface area (Å²) in [6.07, 6.45) is -1.54. The third kappa shape index (κ3) is 5.56. The van der Waals surface area contributed by atoms with Crippen molar-refractivity contribution in [2.24, 2.45) is 24.8 Å². The largest absolute Gasteiger partial charge is 0.573 e. The van der Waals surface area contributed by atoms with Crippen LogP contribution in [-0.2, 0) is 20.1 Å². The molecule has 2 aromatic carbocycles. The zero-order chi connectivity index (χ0) is 25.4. The van der Waals surface area contributed by atoms with Gasteiger partial charge in [-0.25, -0.2) is 4.98 Å². The Morgan fingerprint density at radius 3 is 2.56 bits per heavy atom. The minimum atomic E-state index is -4.77. The first-order valence-electron chi connectivity index (χ1n) is 12.0. The minimum absolute atomic E-state index is 0.188. The summed E-state index contributed by atoms with van der Waals surface area (Å²) >= 11 is 0. The number of piperidine rings is 1. The highest BCUT2D eigenvalue weighted by Crippen LogP contribution is 2.52. The van der Waals surface area contributed by atoms with E-state index in [1.807, 2.05) is 0 Å². The molecule has 2 aliphatic rings.